The Morgan fingerprint density at radius 3 is 2.40 bits per heavy atom. The first kappa shape index (κ1) is 17.3. The Morgan fingerprint density at radius 2 is 1.72 bits per heavy atom. The number of carbonyl (C=O) groups is 1. The Morgan fingerprint density at radius 1 is 1.04 bits per heavy atom. The molecule has 7 heteroatoms. The summed E-state index contributed by atoms with van der Waals surface area (Å²) in [6.45, 7) is 1.56. The fourth-order valence-corrected chi connectivity index (χ4v) is 3.15. The average molecular weight is 361 g/mol. The molecule has 1 amide bonds. The topological polar surface area (TPSA) is 81.7 Å². The van der Waals surface area contributed by atoms with Crippen LogP contribution in [-0.2, 0) is 16.3 Å². The molecule has 0 aliphatic carbocycles. The van der Waals surface area contributed by atoms with E-state index in [2.05, 4.69) is 5.32 Å². The van der Waals surface area contributed by atoms with Gasteiger partial charge < -0.3 is 14.8 Å². The zero-order valence-corrected chi connectivity index (χ0v) is 14.6. The molecule has 25 heavy (non-hydrogen) atoms. The van der Waals surface area contributed by atoms with Crippen LogP contribution in [0.3, 0.4) is 0 Å². The van der Waals surface area contributed by atoms with Crippen molar-refractivity contribution in [1.29, 1.82) is 0 Å². The molecule has 6 nitrogen and oxygen atoms in total. The van der Waals surface area contributed by atoms with Gasteiger partial charge in [0, 0.05) is 18.4 Å². The quantitative estimate of drug-likeness (QED) is 0.879. The van der Waals surface area contributed by atoms with Crippen molar-refractivity contribution in [2.75, 3.05) is 26.0 Å². The number of fused-ring (bicyclic) bond motifs is 1. The molecule has 0 atom stereocenters. The molecule has 0 saturated heterocycles. The van der Waals surface area contributed by atoms with Crippen molar-refractivity contribution >= 4 is 15.7 Å². The van der Waals surface area contributed by atoms with Gasteiger partial charge in [0.25, 0.3) is 5.91 Å². The third-order valence-electron chi connectivity index (χ3n) is 3.85. The molecule has 1 heterocycles. The summed E-state index contributed by atoms with van der Waals surface area (Å²) in [4.78, 5) is 12.3. The number of rotatable bonds is 5. The molecule has 1 aliphatic rings. The number of carbonyl (C=O) groups excluding carboxylic acids is 1. The van der Waals surface area contributed by atoms with Crippen LogP contribution in [0.1, 0.15) is 15.9 Å². The van der Waals surface area contributed by atoms with E-state index in [9.17, 15) is 13.2 Å². The molecule has 0 bridgehead atoms. The Balaban J connectivity index is 1.56. The van der Waals surface area contributed by atoms with Crippen LogP contribution in [0.4, 0.5) is 0 Å². The minimum absolute atomic E-state index is 0.195. The highest BCUT2D eigenvalue weighted by Gasteiger charge is 2.12. The monoisotopic (exact) mass is 361 g/mol. The van der Waals surface area contributed by atoms with Crippen molar-refractivity contribution in [2.24, 2.45) is 0 Å². The number of hydrogen-bond acceptors (Lipinski definition) is 5. The first-order valence-corrected chi connectivity index (χ1v) is 9.79. The van der Waals surface area contributed by atoms with E-state index in [4.69, 9.17) is 9.47 Å². The van der Waals surface area contributed by atoms with Gasteiger partial charge in [-0.25, -0.2) is 8.42 Å². The van der Waals surface area contributed by atoms with Gasteiger partial charge in [0.1, 0.15) is 13.2 Å². The number of benzene rings is 2. The number of nitrogens with one attached hydrogen (secondary N) is 1. The number of amides is 1. The number of hydrogen-bond donors (Lipinski definition) is 1. The molecular formula is C18H19NO5S. The smallest absolute Gasteiger partial charge is 0.251 e. The van der Waals surface area contributed by atoms with Crippen molar-refractivity contribution < 1.29 is 22.7 Å². The Hall–Kier alpha value is -2.54. The number of ether oxygens (including phenoxy) is 2. The summed E-state index contributed by atoms with van der Waals surface area (Å²) in [7, 11) is -3.26. The summed E-state index contributed by atoms with van der Waals surface area (Å²) in [5.41, 5.74) is 1.46. The molecule has 3 rings (SSSR count). The van der Waals surface area contributed by atoms with E-state index in [1.807, 2.05) is 18.2 Å². The molecule has 0 radical (unpaired) electrons. The lowest BCUT2D eigenvalue weighted by molar-refractivity contribution is 0.0954. The average Bonchev–Trinajstić information content (AvgIpc) is 2.61. The Kier molecular flexibility index (Phi) is 4.94. The van der Waals surface area contributed by atoms with Crippen LogP contribution in [-0.4, -0.2) is 40.3 Å². The highest BCUT2D eigenvalue weighted by atomic mass is 32.2. The summed E-state index contributed by atoms with van der Waals surface area (Å²) in [6.07, 6.45) is 1.79. The predicted molar refractivity (Wildman–Crippen MR) is 93.0 cm³/mol. The van der Waals surface area contributed by atoms with Gasteiger partial charge in [-0.05, 0) is 48.4 Å². The molecule has 1 N–H and O–H groups in total. The van der Waals surface area contributed by atoms with Gasteiger partial charge in [0.15, 0.2) is 21.3 Å². The van der Waals surface area contributed by atoms with Gasteiger partial charge in [0.05, 0.1) is 4.90 Å². The number of sulfone groups is 1. The standard InChI is InChI=1S/C18H19NO5S/c1-25(21,22)15-5-3-14(4-6-15)18(20)19-9-8-13-2-7-16-17(12-13)24-11-10-23-16/h2-7,12H,8-11H2,1H3,(H,19,20). The molecule has 132 valence electrons. The van der Waals surface area contributed by atoms with Gasteiger partial charge in [-0.2, -0.15) is 0 Å². The van der Waals surface area contributed by atoms with Crippen LogP contribution >= 0.6 is 0 Å². The molecule has 1 aliphatic heterocycles. The highest BCUT2D eigenvalue weighted by Crippen LogP contribution is 2.30. The Bertz CT molecular complexity index is 875. The van der Waals surface area contributed by atoms with E-state index < -0.39 is 9.84 Å². The fourth-order valence-electron chi connectivity index (χ4n) is 2.52. The van der Waals surface area contributed by atoms with Crippen molar-refractivity contribution in [2.45, 2.75) is 11.3 Å². The molecular weight excluding hydrogens is 342 g/mol. The van der Waals surface area contributed by atoms with E-state index in [0.717, 1.165) is 23.3 Å². The normalized spacial score (nSPS) is 13.3. The predicted octanol–water partition coefficient (Wildman–Crippen LogP) is 1.83. The zero-order valence-electron chi connectivity index (χ0n) is 13.8. The van der Waals surface area contributed by atoms with E-state index in [0.29, 0.717) is 31.7 Å². The maximum atomic E-state index is 12.1. The van der Waals surface area contributed by atoms with Crippen molar-refractivity contribution in [3.8, 4) is 11.5 Å². The molecule has 0 fully saturated rings. The van der Waals surface area contributed by atoms with Gasteiger partial charge in [-0.1, -0.05) is 6.07 Å². The summed E-state index contributed by atoms with van der Waals surface area (Å²) >= 11 is 0. The van der Waals surface area contributed by atoms with Crippen molar-refractivity contribution in [1.82, 2.24) is 5.32 Å². The Labute approximate surface area is 146 Å². The zero-order chi connectivity index (χ0) is 17.9. The summed E-state index contributed by atoms with van der Waals surface area (Å²) in [5, 5.41) is 2.83. The van der Waals surface area contributed by atoms with Gasteiger partial charge >= 0.3 is 0 Å². The summed E-state index contributed by atoms with van der Waals surface area (Å²) < 4.78 is 33.9. The second-order valence-corrected chi connectivity index (χ2v) is 7.80. The van der Waals surface area contributed by atoms with E-state index >= 15 is 0 Å². The maximum absolute atomic E-state index is 12.1. The maximum Gasteiger partial charge on any atom is 0.251 e. The first-order valence-electron chi connectivity index (χ1n) is 7.90. The fraction of sp³-hybridized carbons (Fsp3) is 0.278. The largest absolute Gasteiger partial charge is 0.486 e. The lowest BCUT2D eigenvalue weighted by Gasteiger charge is -2.18. The van der Waals surface area contributed by atoms with Gasteiger partial charge in [-0.3, -0.25) is 4.79 Å². The van der Waals surface area contributed by atoms with Crippen LogP contribution < -0.4 is 14.8 Å². The summed E-state index contributed by atoms with van der Waals surface area (Å²) in [6, 6.07) is 11.6. The summed E-state index contributed by atoms with van der Waals surface area (Å²) in [5.74, 6) is 1.23. The highest BCUT2D eigenvalue weighted by molar-refractivity contribution is 7.90. The second-order valence-electron chi connectivity index (χ2n) is 5.78. The van der Waals surface area contributed by atoms with Crippen molar-refractivity contribution in [3.63, 3.8) is 0 Å². The van der Waals surface area contributed by atoms with Gasteiger partial charge in [0.2, 0.25) is 0 Å². The van der Waals surface area contributed by atoms with E-state index in [1.54, 1.807) is 0 Å². The lowest BCUT2D eigenvalue weighted by atomic mass is 10.1. The lowest BCUT2D eigenvalue weighted by Crippen LogP contribution is -2.25. The molecule has 0 unspecified atom stereocenters. The third kappa shape index (κ3) is 4.30. The van der Waals surface area contributed by atoms with Crippen LogP contribution in [0.25, 0.3) is 0 Å². The van der Waals surface area contributed by atoms with Crippen LogP contribution in [0.5, 0.6) is 11.5 Å². The molecule has 0 spiro atoms. The molecule has 0 aromatic heterocycles. The van der Waals surface area contributed by atoms with Gasteiger partial charge in [-0.15, -0.1) is 0 Å². The van der Waals surface area contributed by atoms with E-state index in [1.165, 1.54) is 24.3 Å². The minimum Gasteiger partial charge on any atom is -0.486 e. The van der Waals surface area contributed by atoms with Crippen LogP contribution in [0.15, 0.2) is 47.4 Å². The molecule has 2 aromatic carbocycles. The SMILES string of the molecule is CS(=O)(=O)c1ccc(C(=O)NCCc2ccc3c(c2)OCCO3)cc1. The molecule has 0 saturated carbocycles. The third-order valence-corrected chi connectivity index (χ3v) is 4.98. The minimum atomic E-state index is -3.26. The van der Waals surface area contributed by atoms with Crippen molar-refractivity contribution in [3.05, 3.63) is 53.6 Å². The van der Waals surface area contributed by atoms with E-state index in [-0.39, 0.29) is 10.8 Å². The molecule has 2 aromatic rings. The van der Waals surface area contributed by atoms with Crippen LogP contribution in [0, 0.1) is 0 Å². The first-order chi connectivity index (χ1) is 11.9. The van der Waals surface area contributed by atoms with Crippen LogP contribution in [0.2, 0.25) is 0 Å². The second kappa shape index (κ2) is 7.14.